The lowest BCUT2D eigenvalue weighted by molar-refractivity contribution is 0.324. The zero-order valence-electron chi connectivity index (χ0n) is 17.5. The van der Waals surface area contributed by atoms with Gasteiger partial charge in [0.05, 0.1) is 41.4 Å². The van der Waals surface area contributed by atoms with Gasteiger partial charge in [-0.05, 0) is 19.2 Å². The van der Waals surface area contributed by atoms with E-state index >= 15 is 0 Å². The van der Waals surface area contributed by atoms with Gasteiger partial charge < -0.3 is 19.4 Å². The molecule has 2 aromatic heterocycles. The van der Waals surface area contributed by atoms with Crippen molar-refractivity contribution in [3.8, 4) is 28.8 Å². The molecule has 1 N–H and O–H groups in total. The van der Waals surface area contributed by atoms with Crippen molar-refractivity contribution in [1.29, 1.82) is 5.26 Å². The summed E-state index contributed by atoms with van der Waals surface area (Å²) in [6, 6.07) is 5.66. The zero-order valence-corrected chi connectivity index (χ0v) is 19.0. The molecule has 0 aliphatic rings. The molecule has 0 spiro atoms. The van der Waals surface area contributed by atoms with E-state index in [1.807, 2.05) is 0 Å². The molecule has 0 unspecified atom stereocenters. The molecule has 9 heteroatoms. The molecule has 7 nitrogen and oxygen atoms in total. The number of hydrogen-bond donors (Lipinski definition) is 1. The summed E-state index contributed by atoms with van der Waals surface area (Å²) >= 11 is 8.17. The fourth-order valence-electron chi connectivity index (χ4n) is 3.22. The van der Waals surface area contributed by atoms with Crippen molar-refractivity contribution in [2.24, 2.45) is 0 Å². The average molecular weight is 446 g/mol. The van der Waals surface area contributed by atoms with Gasteiger partial charge in [-0.2, -0.15) is 5.26 Å². The highest BCUT2D eigenvalue weighted by Crippen LogP contribution is 2.42. The smallest absolute Gasteiger partial charge is 0.190 e. The molecule has 1 aromatic carbocycles. The largest absolute Gasteiger partial charge is 0.497 e. The molecule has 0 atom stereocenters. The number of benzene rings is 1. The molecule has 3 aromatic rings. The molecule has 0 amide bonds. The highest BCUT2D eigenvalue weighted by molar-refractivity contribution is 7.99. The zero-order chi connectivity index (χ0) is 21.7. The summed E-state index contributed by atoms with van der Waals surface area (Å²) in [6.45, 7) is 7.24. The molecule has 0 saturated carbocycles. The number of halogens is 1. The van der Waals surface area contributed by atoms with Crippen LogP contribution in [0.3, 0.4) is 0 Å². The molecule has 3 rings (SSSR count). The van der Waals surface area contributed by atoms with Gasteiger partial charge in [0.2, 0.25) is 0 Å². The molecule has 0 bridgehead atoms. The van der Waals surface area contributed by atoms with E-state index in [1.165, 1.54) is 0 Å². The van der Waals surface area contributed by atoms with Gasteiger partial charge in [0.25, 0.3) is 0 Å². The Kier molecular flexibility index (Phi) is 7.43. The van der Waals surface area contributed by atoms with E-state index in [4.69, 9.17) is 26.1 Å². The van der Waals surface area contributed by atoms with E-state index in [9.17, 15) is 5.26 Å². The molecular formula is C21H24ClN5O2S. The van der Waals surface area contributed by atoms with Crippen molar-refractivity contribution in [3.63, 3.8) is 0 Å². The second kappa shape index (κ2) is 10.0. The van der Waals surface area contributed by atoms with Crippen molar-refractivity contribution in [2.75, 3.05) is 39.6 Å². The van der Waals surface area contributed by atoms with Crippen LogP contribution in [0.2, 0.25) is 5.02 Å². The second-order valence-electron chi connectivity index (χ2n) is 6.45. The molecule has 0 aliphatic carbocycles. The molecule has 30 heavy (non-hydrogen) atoms. The minimum Gasteiger partial charge on any atom is -0.497 e. The normalized spacial score (nSPS) is 11.1. The number of ether oxygens (including phenoxy) is 2. The first-order chi connectivity index (χ1) is 14.6. The molecule has 2 heterocycles. The van der Waals surface area contributed by atoms with E-state index in [0.29, 0.717) is 49.5 Å². The maximum absolute atomic E-state index is 9.58. The van der Waals surface area contributed by atoms with Crippen molar-refractivity contribution in [2.45, 2.75) is 19.0 Å². The maximum atomic E-state index is 9.58. The highest BCUT2D eigenvalue weighted by Gasteiger charge is 2.22. The fraction of sp³-hybridized carbons (Fsp3) is 0.381. The third kappa shape index (κ3) is 4.48. The Morgan fingerprint density at radius 2 is 1.97 bits per heavy atom. The lowest BCUT2D eigenvalue weighted by atomic mass is 10.1. The van der Waals surface area contributed by atoms with Gasteiger partial charge in [-0.1, -0.05) is 37.2 Å². The number of H-pyrrole nitrogens is 1. The number of rotatable bonds is 9. The maximum Gasteiger partial charge on any atom is 0.190 e. The summed E-state index contributed by atoms with van der Waals surface area (Å²) in [5.41, 5.74) is 2.21. The lowest BCUT2D eigenvalue weighted by Crippen LogP contribution is -2.25. The van der Waals surface area contributed by atoms with Gasteiger partial charge in [0.1, 0.15) is 23.2 Å². The summed E-state index contributed by atoms with van der Waals surface area (Å²) in [4.78, 5) is 14.8. The monoisotopic (exact) mass is 445 g/mol. The Balaban J connectivity index is 2.11. The first kappa shape index (κ1) is 22.2. The number of aromatic nitrogens is 3. The Morgan fingerprint density at radius 3 is 2.60 bits per heavy atom. The van der Waals surface area contributed by atoms with E-state index in [0.717, 1.165) is 25.4 Å². The SMILES string of the molecule is CCN(CC)CCSc1nc(-c2c(Cl)cc(OC)cc2OC)c2c(C#N)c[nH]c2n1. The fourth-order valence-corrected chi connectivity index (χ4v) is 4.35. The Bertz CT molecular complexity index is 1080. The van der Waals surface area contributed by atoms with Gasteiger partial charge in [0.15, 0.2) is 5.16 Å². The number of thioether (sulfide) groups is 1. The minimum atomic E-state index is 0.426. The minimum absolute atomic E-state index is 0.426. The van der Waals surface area contributed by atoms with Crippen LogP contribution in [0.25, 0.3) is 22.3 Å². The van der Waals surface area contributed by atoms with Crippen LogP contribution in [0.15, 0.2) is 23.5 Å². The molecule has 158 valence electrons. The summed E-state index contributed by atoms with van der Waals surface area (Å²) < 4.78 is 10.9. The number of aromatic amines is 1. The first-order valence-electron chi connectivity index (χ1n) is 9.62. The van der Waals surface area contributed by atoms with Gasteiger partial charge in [-0.15, -0.1) is 0 Å². The summed E-state index contributed by atoms with van der Waals surface area (Å²) in [6.07, 6.45) is 1.64. The number of nitriles is 1. The number of nitrogens with one attached hydrogen (secondary N) is 1. The predicted molar refractivity (Wildman–Crippen MR) is 121 cm³/mol. The predicted octanol–water partition coefficient (Wildman–Crippen LogP) is 4.60. The van der Waals surface area contributed by atoms with E-state index < -0.39 is 0 Å². The third-order valence-corrected chi connectivity index (χ3v) is 6.01. The van der Waals surface area contributed by atoms with Crippen molar-refractivity contribution >= 4 is 34.4 Å². The van der Waals surface area contributed by atoms with Crippen LogP contribution in [-0.2, 0) is 0 Å². The number of methoxy groups -OCH3 is 2. The van der Waals surface area contributed by atoms with Crippen LogP contribution >= 0.6 is 23.4 Å². The number of hydrogen-bond acceptors (Lipinski definition) is 7. The lowest BCUT2D eigenvalue weighted by Gasteiger charge is -2.17. The molecule has 0 radical (unpaired) electrons. The Labute approximate surface area is 185 Å². The van der Waals surface area contributed by atoms with Gasteiger partial charge in [-0.25, -0.2) is 9.97 Å². The molecule has 0 saturated heterocycles. The summed E-state index contributed by atoms with van der Waals surface area (Å²) in [7, 11) is 3.13. The Morgan fingerprint density at radius 1 is 1.20 bits per heavy atom. The van der Waals surface area contributed by atoms with Crippen molar-refractivity contribution in [1.82, 2.24) is 19.9 Å². The Hall–Kier alpha value is -2.47. The van der Waals surface area contributed by atoms with Gasteiger partial charge >= 0.3 is 0 Å². The van der Waals surface area contributed by atoms with Crippen LogP contribution < -0.4 is 9.47 Å². The van der Waals surface area contributed by atoms with Crippen LogP contribution in [0, 0.1) is 11.3 Å². The van der Waals surface area contributed by atoms with Crippen molar-refractivity contribution < 1.29 is 9.47 Å². The topological polar surface area (TPSA) is 87.1 Å². The quantitative estimate of drug-likeness (QED) is 0.380. The third-order valence-electron chi connectivity index (χ3n) is 4.88. The summed E-state index contributed by atoms with van der Waals surface area (Å²) in [5.74, 6) is 1.95. The van der Waals surface area contributed by atoms with Crippen LogP contribution in [-0.4, -0.2) is 59.5 Å². The number of nitrogens with zero attached hydrogens (tertiary/aromatic N) is 4. The summed E-state index contributed by atoms with van der Waals surface area (Å²) in [5, 5.41) is 11.2. The average Bonchev–Trinajstić information content (AvgIpc) is 3.18. The van der Waals surface area contributed by atoms with E-state index in [2.05, 4.69) is 34.8 Å². The highest BCUT2D eigenvalue weighted by atomic mass is 35.5. The van der Waals surface area contributed by atoms with E-state index in [1.54, 1.807) is 44.3 Å². The second-order valence-corrected chi connectivity index (χ2v) is 7.92. The van der Waals surface area contributed by atoms with Crippen LogP contribution in [0.1, 0.15) is 19.4 Å². The number of fused-ring (bicyclic) bond motifs is 1. The standard InChI is InChI=1S/C21H24ClN5O2S/c1-5-27(6-2)7-8-30-21-25-19(17-13(11-23)12-24-20(17)26-21)18-15(22)9-14(28-3)10-16(18)29-4/h9-10,12H,5-8H2,1-4H3,(H,24,25,26). The van der Waals surface area contributed by atoms with Gasteiger partial charge in [-0.3, -0.25) is 0 Å². The van der Waals surface area contributed by atoms with E-state index in [-0.39, 0.29) is 0 Å². The van der Waals surface area contributed by atoms with Gasteiger partial charge in [0, 0.05) is 24.6 Å². The molecule has 0 fully saturated rings. The van der Waals surface area contributed by atoms with Crippen LogP contribution in [0.5, 0.6) is 11.5 Å². The first-order valence-corrected chi connectivity index (χ1v) is 11.0. The molecular weight excluding hydrogens is 422 g/mol. The van der Waals surface area contributed by atoms with Crippen molar-refractivity contribution in [3.05, 3.63) is 28.9 Å². The molecule has 0 aliphatic heterocycles. The van der Waals surface area contributed by atoms with Crippen LogP contribution in [0.4, 0.5) is 0 Å².